The number of ether oxygens (including phenoxy) is 1. The maximum atomic E-state index is 12.1. The van der Waals surface area contributed by atoms with Gasteiger partial charge in [-0.1, -0.05) is 43.1 Å². The van der Waals surface area contributed by atoms with Crippen molar-refractivity contribution in [3.63, 3.8) is 0 Å². The predicted octanol–water partition coefficient (Wildman–Crippen LogP) is 4.54. The van der Waals surface area contributed by atoms with Crippen molar-refractivity contribution in [2.24, 2.45) is 0 Å². The molecule has 0 spiro atoms. The largest absolute Gasteiger partial charge is 0.461 e. The van der Waals surface area contributed by atoms with Crippen molar-refractivity contribution in [3.8, 4) is 0 Å². The number of aromatic nitrogens is 2. The second kappa shape index (κ2) is 7.16. The van der Waals surface area contributed by atoms with Crippen LogP contribution in [0.3, 0.4) is 0 Å². The molecule has 0 fully saturated rings. The standard InChI is InChI=1S/C16H18Cl2N2O2/c1-4-22-16(21)15-8-14(10(2)3)19-20(15)9-11-5-6-12(17)7-13(11)18/h5-8,10H,4,9H2,1-3H3. The number of halogens is 2. The zero-order valence-corrected chi connectivity index (χ0v) is 14.3. The molecular formula is C16H18Cl2N2O2. The van der Waals surface area contributed by atoms with E-state index >= 15 is 0 Å². The lowest BCUT2D eigenvalue weighted by atomic mass is 10.1. The van der Waals surface area contributed by atoms with Gasteiger partial charge in [0.1, 0.15) is 5.69 Å². The fourth-order valence-corrected chi connectivity index (χ4v) is 2.49. The first-order chi connectivity index (χ1) is 10.4. The molecule has 0 aliphatic rings. The SMILES string of the molecule is CCOC(=O)c1cc(C(C)C)nn1Cc1ccc(Cl)cc1Cl. The molecule has 0 radical (unpaired) electrons. The number of carbonyl (C=O) groups excluding carboxylic acids is 1. The van der Waals surface area contributed by atoms with Crippen LogP contribution in [0.2, 0.25) is 10.0 Å². The molecule has 0 aliphatic heterocycles. The van der Waals surface area contributed by atoms with Gasteiger partial charge >= 0.3 is 5.97 Å². The number of hydrogen-bond donors (Lipinski definition) is 0. The lowest BCUT2D eigenvalue weighted by Crippen LogP contribution is -2.14. The summed E-state index contributed by atoms with van der Waals surface area (Å²) in [4.78, 5) is 12.1. The van der Waals surface area contributed by atoms with Gasteiger partial charge in [-0.2, -0.15) is 5.10 Å². The molecule has 0 saturated carbocycles. The number of hydrogen-bond acceptors (Lipinski definition) is 3. The third kappa shape index (κ3) is 3.81. The highest BCUT2D eigenvalue weighted by Crippen LogP contribution is 2.23. The topological polar surface area (TPSA) is 44.1 Å². The molecule has 0 atom stereocenters. The highest BCUT2D eigenvalue weighted by atomic mass is 35.5. The Labute approximate surface area is 140 Å². The molecule has 0 saturated heterocycles. The Morgan fingerprint density at radius 1 is 1.32 bits per heavy atom. The summed E-state index contributed by atoms with van der Waals surface area (Å²) in [5, 5.41) is 5.61. The first-order valence-electron chi connectivity index (χ1n) is 7.11. The summed E-state index contributed by atoms with van der Waals surface area (Å²) < 4.78 is 6.72. The molecule has 4 nitrogen and oxygen atoms in total. The van der Waals surface area contributed by atoms with Crippen LogP contribution in [-0.4, -0.2) is 22.4 Å². The van der Waals surface area contributed by atoms with Gasteiger partial charge in [0.15, 0.2) is 0 Å². The lowest BCUT2D eigenvalue weighted by molar-refractivity contribution is 0.0512. The molecule has 1 aromatic heterocycles. The third-order valence-corrected chi connectivity index (χ3v) is 3.80. The lowest BCUT2D eigenvalue weighted by Gasteiger charge is -2.09. The average molecular weight is 341 g/mol. The Kier molecular flexibility index (Phi) is 5.48. The Morgan fingerprint density at radius 2 is 2.05 bits per heavy atom. The average Bonchev–Trinajstić information content (AvgIpc) is 2.86. The van der Waals surface area contributed by atoms with Gasteiger partial charge in [0.05, 0.1) is 18.8 Å². The van der Waals surface area contributed by atoms with Crippen molar-refractivity contribution in [1.29, 1.82) is 0 Å². The van der Waals surface area contributed by atoms with E-state index < -0.39 is 0 Å². The van der Waals surface area contributed by atoms with Crippen LogP contribution < -0.4 is 0 Å². The van der Waals surface area contributed by atoms with Crippen LogP contribution in [0.25, 0.3) is 0 Å². The summed E-state index contributed by atoms with van der Waals surface area (Å²) >= 11 is 12.1. The number of carbonyl (C=O) groups is 1. The van der Waals surface area contributed by atoms with Crippen LogP contribution in [0.1, 0.15) is 48.4 Å². The van der Waals surface area contributed by atoms with Crippen molar-refractivity contribution in [3.05, 3.63) is 51.3 Å². The summed E-state index contributed by atoms with van der Waals surface area (Å²) in [6, 6.07) is 7.04. The van der Waals surface area contributed by atoms with E-state index in [1.54, 1.807) is 29.8 Å². The fraction of sp³-hybridized carbons (Fsp3) is 0.375. The van der Waals surface area contributed by atoms with Crippen LogP contribution >= 0.6 is 23.2 Å². The van der Waals surface area contributed by atoms with Gasteiger partial charge in [0.25, 0.3) is 0 Å². The quantitative estimate of drug-likeness (QED) is 0.750. The number of rotatable bonds is 5. The summed E-state index contributed by atoms with van der Waals surface area (Å²) in [6.45, 7) is 6.53. The van der Waals surface area contributed by atoms with Crippen LogP contribution in [0.4, 0.5) is 0 Å². The van der Waals surface area contributed by atoms with Gasteiger partial charge < -0.3 is 4.74 Å². The minimum Gasteiger partial charge on any atom is -0.461 e. The Balaban J connectivity index is 2.38. The number of esters is 1. The van der Waals surface area contributed by atoms with Gasteiger partial charge in [-0.05, 0) is 36.6 Å². The molecule has 2 aromatic rings. The van der Waals surface area contributed by atoms with Gasteiger partial charge in [-0.3, -0.25) is 4.68 Å². The van der Waals surface area contributed by atoms with E-state index in [-0.39, 0.29) is 11.9 Å². The molecule has 22 heavy (non-hydrogen) atoms. The summed E-state index contributed by atoms with van der Waals surface area (Å²) in [6.07, 6.45) is 0. The molecule has 118 valence electrons. The van der Waals surface area contributed by atoms with E-state index in [2.05, 4.69) is 5.10 Å². The maximum Gasteiger partial charge on any atom is 0.356 e. The second-order valence-corrected chi connectivity index (χ2v) is 6.07. The van der Waals surface area contributed by atoms with Gasteiger partial charge in [-0.15, -0.1) is 0 Å². The Morgan fingerprint density at radius 3 is 2.64 bits per heavy atom. The minimum absolute atomic E-state index is 0.218. The predicted molar refractivity (Wildman–Crippen MR) is 87.8 cm³/mol. The van der Waals surface area contributed by atoms with Crippen LogP contribution in [-0.2, 0) is 11.3 Å². The van der Waals surface area contributed by atoms with E-state index in [0.29, 0.717) is 28.9 Å². The van der Waals surface area contributed by atoms with E-state index in [1.165, 1.54) is 0 Å². The van der Waals surface area contributed by atoms with E-state index in [9.17, 15) is 4.79 Å². The van der Waals surface area contributed by atoms with E-state index in [4.69, 9.17) is 27.9 Å². The van der Waals surface area contributed by atoms with Gasteiger partial charge in [-0.25, -0.2) is 4.79 Å². The van der Waals surface area contributed by atoms with Gasteiger partial charge in [0, 0.05) is 10.0 Å². The van der Waals surface area contributed by atoms with Crippen molar-refractivity contribution >= 4 is 29.2 Å². The maximum absolute atomic E-state index is 12.1. The molecular weight excluding hydrogens is 323 g/mol. The smallest absolute Gasteiger partial charge is 0.356 e. The van der Waals surface area contributed by atoms with Crippen LogP contribution in [0, 0.1) is 0 Å². The van der Waals surface area contributed by atoms with Crippen molar-refractivity contribution in [1.82, 2.24) is 9.78 Å². The Bertz CT molecular complexity index is 681. The van der Waals surface area contributed by atoms with Gasteiger partial charge in [0.2, 0.25) is 0 Å². The molecule has 1 heterocycles. The Hall–Kier alpha value is -1.52. The van der Waals surface area contributed by atoms with Crippen molar-refractivity contribution < 1.29 is 9.53 Å². The number of benzene rings is 1. The normalized spacial score (nSPS) is 11.0. The van der Waals surface area contributed by atoms with E-state index in [1.807, 2.05) is 19.9 Å². The summed E-state index contributed by atoms with van der Waals surface area (Å²) in [5.74, 6) is -0.165. The van der Waals surface area contributed by atoms with E-state index in [0.717, 1.165) is 11.3 Å². The third-order valence-electron chi connectivity index (χ3n) is 3.21. The summed E-state index contributed by atoms with van der Waals surface area (Å²) in [5.41, 5.74) is 2.11. The molecule has 0 unspecified atom stereocenters. The van der Waals surface area contributed by atoms with Crippen molar-refractivity contribution in [2.75, 3.05) is 6.61 Å². The molecule has 0 N–H and O–H groups in total. The zero-order chi connectivity index (χ0) is 16.3. The molecule has 0 aliphatic carbocycles. The molecule has 0 bridgehead atoms. The molecule has 6 heteroatoms. The van der Waals surface area contributed by atoms with Crippen LogP contribution in [0.15, 0.2) is 24.3 Å². The van der Waals surface area contributed by atoms with Crippen molar-refractivity contribution in [2.45, 2.75) is 33.2 Å². The molecule has 1 aromatic carbocycles. The zero-order valence-electron chi connectivity index (χ0n) is 12.8. The highest BCUT2D eigenvalue weighted by molar-refractivity contribution is 6.35. The van der Waals surface area contributed by atoms with Crippen LogP contribution in [0.5, 0.6) is 0 Å². The fourth-order valence-electron chi connectivity index (χ4n) is 2.02. The second-order valence-electron chi connectivity index (χ2n) is 5.22. The minimum atomic E-state index is -0.382. The number of nitrogens with zero attached hydrogens (tertiary/aromatic N) is 2. The first kappa shape index (κ1) is 16.8. The molecule has 2 rings (SSSR count). The highest BCUT2D eigenvalue weighted by Gasteiger charge is 2.18. The molecule has 0 amide bonds. The summed E-state index contributed by atoms with van der Waals surface area (Å²) in [7, 11) is 0. The monoisotopic (exact) mass is 340 g/mol. The first-order valence-corrected chi connectivity index (χ1v) is 7.86.